The number of hydrogen-bond acceptors (Lipinski definition) is 4. The zero-order valence-electron chi connectivity index (χ0n) is 9.58. The van der Waals surface area contributed by atoms with E-state index in [4.69, 9.17) is 0 Å². The summed E-state index contributed by atoms with van der Waals surface area (Å²) in [6.07, 6.45) is 1.13. The molecule has 18 heavy (non-hydrogen) atoms. The molecule has 2 aromatic rings. The Hall–Kier alpha value is -1.66. The summed E-state index contributed by atoms with van der Waals surface area (Å²) in [7, 11) is -3.26. The van der Waals surface area contributed by atoms with Crippen molar-refractivity contribution in [1.82, 2.24) is 0 Å². The second kappa shape index (κ2) is 4.91. The molecule has 0 unspecified atom stereocenters. The molecule has 0 aliphatic carbocycles. The monoisotopic (exact) mass is 281 g/mol. The Morgan fingerprint density at radius 3 is 2.61 bits per heavy atom. The predicted octanol–water partition coefficient (Wildman–Crippen LogP) is 2.40. The van der Waals surface area contributed by atoms with Gasteiger partial charge in [0.15, 0.2) is 9.84 Å². The Labute approximate surface area is 109 Å². The highest BCUT2D eigenvalue weighted by atomic mass is 32.2. The lowest BCUT2D eigenvalue weighted by Crippen LogP contribution is -2.10. The molecule has 1 amide bonds. The van der Waals surface area contributed by atoms with Gasteiger partial charge >= 0.3 is 0 Å². The molecule has 0 fully saturated rings. The molecule has 4 nitrogen and oxygen atoms in total. The lowest BCUT2D eigenvalue weighted by molar-refractivity contribution is 0.103. The molecule has 0 radical (unpaired) electrons. The molecule has 1 aromatic carbocycles. The molecule has 1 N–H and O–H groups in total. The van der Waals surface area contributed by atoms with Gasteiger partial charge in [-0.05, 0) is 29.6 Å². The van der Waals surface area contributed by atoms with Gasteiger partial charge in [0.1, 0.15) is 0 Å². The fraction of sp³-hybridized carbons (Fsp3) is 0.0833. The first-order valence-electron chi connectivity index (χ1n) is 5.12. The van der Waals surface area contributed by atoms with Crippen LogP contribution in [-0.2, 0) is 9.84 Å². The van der Waals surface area contributed by atoms with E-state index in [2.05, 4.69) is 5.32 Å². The van der Waals surface area contributed by atoms with Crippen LogP contribution in [0.3, 0.4) is 0 Å². The van der Waals surface area contributed by atoms with Crippen molar-refractivity contribution < 1.29 is 13.2 Å². The molecule has 0 atom stereocenters. The number of benzene rings is 1. The summed E-state index contributed by atoms with van der Waals surface area (Å²) in [6, 6.07) is 9.69. The number of hydrogen-bond donors (Lipinski definition) is 1. The summed E-state index contributed by atoms with van der Waals surface area (Å²) in [4.78, 5) is 12.6. The third-order valence-corrected chi connectivity index (χ3v) is 4.24. The van der Waals surface area contributed by atoms with Crippen molar-refractivity contribution in [3.63, 3.8) is 0 Å². The van der Waals surface area contributed by atoms with Gasteiger partial charge in [0.25, 0.3) is 5.91 Å². The van der Waals surface area contributed by atoms with E-state index in [-0.39, 0.29) is 10.8 Å². The van der Waals surface area contributed by atoms with E-state index < -0.39 is 9.84 Å². The van der Waals surface area contributed by atoms with Gasteiger partial charge in [-0.2, -0.15) is 0 Å². The first kappa shape index (κ1) is 12.8. The average molecular weight is 281 g/mol. The van der Waals surface area contributed by atoms with E-state index in [1.54, 1.807) is 24.3 Å². The number of carbonyl (C=O) groups is 1. The maximum Gasteiger partial charge on any atom is 0.265 e. The summed E-state index contributed by atoms with van der Waals surface area (Å²) >= 11 is 1.33. The van der Waals surface area contributed by atoms with Gasteiger partial charge in [0.2, 0.25) is 0 Å². The Kier molecular flexibility index (Phi) is 3.49. The number of thiophene rings is 1. The number of nitrogens with one attached hydrogen (secondary N) is 1. The van der Waals surface area contributed by atoms with Gasteiger partial charge in [0.05, 0.1) is 9.77 Å². The average Bonchev–Trinajstić information content (AvgIpc) is 2.81. The lowest BCUT2D eigenvalue weighted by atomic mass is 10.3. The number of carbonyl (C=O) groups excluding carboxylic acids is 1. The highest BCUT2D eigenvalue weighted by molar-refractivity contribution is 7.90. The third kappa shape index (κ3) is 2.96. The Morgan fingerprint density at radius 2 is 2.00 bits per heavy atom. The maximum absolute atomic E-state index is 11.8. The smallest absolute Gasteiger partial charge is 0.265 e. The van der Waals surface area contributed by atoms with Crippen molar-refractivity contribution in [2.75, 3.05) is 11.6 Å². The topological polar surface area (TPSA) is 63.2 Å². The fourth-order valence-electron chi connectivity index (χ4n) is 1.40. The molecule has 6 heteroatoms. The highest BCUT2D eigenvalue weighted by Crippen LogP contribution is 2.17. The minimum Gasteiger partial charge on any atom is -0.321 e. The molecule has 0 saturated carbocycles. The van der Waals surface area contributed by atoms with Gasteiger partial charge in [-0.1, -0.05) is 12.1 Å². The molecular formula is C12H11NO3S2. The molecule has 0 aliphatic heterocycles. The summed E-state index contributed by atoms with van der Waals surface area (Å²) in [6.45, 7) is 0. The van der Waals surface area contributed by atoms with Gasteiger partial charge in [-0.25, -0.2) is 8.42 Å². The van der Waals surface area contributed by atoms with Crippen molar-refractivity contribution in [3.05, 3.63) is 46.7 Å². The highest BCUT2D eigenvalue weighted by Gasteiger charge is 2.10. The van der Waals surface area contributed by atoms with Crippen LogP contribution >= 0.6 is 11.3 Å². The van der Waals surface area contributed by atoms with Crippen molar-refractivity contribution >= 4 is 32.8 Å². The molecule has 2 rings (SSSR count). The Morgan fingerprint density at radius 1 is 1.22 bits per heavy atom. The Balaban J connectivity index is 2.23. The van der Waals surface area contributed by atoms with E-state index >= 15 is 0 Å². The van der Waals surface area contributed by atoms with Crippen LogP contribution in [0.25, 0.3) is 0 Å². The molecular weight excluding hydrogens is 270 g/mol. The number of rotatable bonds is 3. The largest absolute Gasteiger partial charge is 0.321 e. The van der Waals surface area contributed by atoms with Crippen LogP contribution < -0.4 is 5.32 Å². The summed E-state index contributed by atoms with van der Waals surface area (Å²) in [5.74, 6) is -0.240. The minimum absolute atomic E-state index is 0.187. The number of anilines is 1. The van der Waals surface area contributed by atoms with Crippen LogP contribution in [0.5, 0.6) is 0 Å². The van der Waals surface area contributed by atoms with E-state index in [9.17, 15) is 13.2 Å². The van der Waals surface area contributed by atoms with Crippen LogP contribution in [0.2, 0.25) is 0 Å². The van der Waals surface area contributed by atoms with E-state index in [0.717, 1.165) is 6.26 Å². The fourth-order valence-corrected chi connectivity index (χ4v) is 2.69. The molecule has 0 spiro atoms. The summed E-state index contributed by atoms with van der Waals surface area (Å²) < 4.78 is 22.8. The maximum atomic E-state index is 11.8. The minimum atomic E-state index is -3.26. The van der Waals surface area contributed by atoms with Crippen LogP contribution in [0.4, 0.5) is 5.69 Å². The van der Waals surface area contributed by atoms with Gasteiger partial charge in [-0.15, -0.1) is 11.3 Å². The number of sulfone groups is 1. The quantitative estimate of drug-likeness (QED) is 0.939. The van der Waals surface area contributed by atoms with Crippen LogP contribution in [0, 0.1) is 0 Å². The van der Waals surface area contributed by atoms with Crippen molar-refractivity contribution in [3.8, 4) is 0 Å². The molecule has 94 valence electrons. The lowest BCUT2D eigenvalue weighted by Gasteiger charge is -2.05. The molecule has 1 aromatic heterocycles. The number of amides is 1. The van der Waals surface area contributed by atoms with Crippen LogP contribution in [-0.4, -0.2) is 20.6 Å². The van der Waals surface area contributed by atoms with Gasteiger partial charge in [0, 0.05) is 11.9 Å². The summed E-state index contributed by atoms with van der Waals surface area (Å²) in [5, 5.41) is 4.47. The molecule has 0 saturated heterocycles. The van der Waals surface area contributed by atoms with Crippen LogP contribution in [0.15, 0.2) is 46.7 Å². The third-order valence-electron chi connectivity index (χ3n) is 2.27. The predicted molar refractivity (Wildman–Crippen MR) is 71.8 cm³/mol. The van der Waals surface area contributed by atoms with Crippen molar-refractivity contribution in [2.45, 2.75) is 4.90 Å². The summed E-state index contributed by atoms with van der Waals surface area (Å²) in [5.41, 5.74) is 0.469. The molecule has 0 bridgehead atoms. The zero-order chi connectivity index (χ0) is 13.2. The second-order valence-electron chi connectivity index (χ2n) is 3.73. The van der Waals surface area contributed by atoms with Crippen molar-refractivity contribution in [2.24, 2.45) is 0 Å². The second-order valence-corrected chi connectivity index (χ2v) is 6.69. The van der Waals surface area contributed by atoms with Crippen molar-refractivity contribution in [1.29, 1.82) is 0 Å². The van der Waals surface area contributed by atoms with E-state index in [1.807, 2.05) is 5.38 Å². The Bertz CT molecular complexity index is 660. The normalized spacial score (nSPS) is 11.2. The zero-order valence-corrected chi connectivity index (χ0v) is 11.2. The molecule has 1 heterocycles. The van der Waals surface area contributed by atoms with E-state index in [0.29, 0.717) is 10.6 Å². The first-order valence-corrected chi connectivity index (χ1v) is 7.89. The van der Waals surface area contributed by atoms with Gasteiger partial charge in [-0.3, -0.25) is 4.79 Å². The SMILES string of the molecule is CS(=O)(=O)c1cccc(NC(=O)c2cccs2)c1. The van der Waals surface area contributed by atoms with Crippen LogP contribution in [0.1, 0.15) is 9.67 Å². The van der Waals surface area contributed by atoms with E-state index in [1.165, 1.54) is 23.5 Å². The standard InChI is InChI=1S/C12H11NO3S2/c1-18(15,16)10-5-2-4-9(8-10)13-12(14)11-6-3-7-17-11/h2-8H,1H3,(H,13,14). The molecule has 0 aliphatic rings. The first-order chi connectivity index (χ1) is 8.47. The van der Waals surface area contributed by atoms with Gasteiger partial charge < -0.3 is 5.32 Å².